The van der Waals surface area contributed by atoms with Gasteiger partial charge in [0.1, 0.15) is 6.04 Å². The molecule has 1 fully saturated rings. The average molecular weight is 316 g/mol. The first-order valence-electron chi connectivity index (χ1n) is 7.07. The monoisotopic (exact) mass is 316 g/mol. The third-order valence-corrected chi connectivity index (χ3v) is 3.94. The fourth-order valence-electron chi connectivity index (χ4n) is 2.57. The Bertz CT molecular complexity index is 526. The molecule has 0 aromatic heterocycles. The van der Waals surface area contributed by atoms with Crippen molar-refractivity contribution in [1.29, 1.82) is 0 Å². The lowest BCUT2D eigenvalue weighted by Gasteiger charge is -2.38. The van der Waals surface area contributed by atoms with Gasteiger partial charge in [0.05, 0.1) is 12.7 Å². The standard InChI is InChI=1S/C15H19F3N2O2/c1-11(14(21)22-2)19-6-8-20(9-7-19)13-5-3-4-12(10-13)15(16,17)18/h3-5,10-11H,6-9H2,1-2H3. The maximum absolute atomic E-state index is 12.8. The van der Waals surface area contributed by atoms with Gasteiger partial charge in [0.15, 0.2) is 0 Å². The van der Waals surface area contributed by atoms with Gasteiger partial charge < -0.3 is 9.64 Å². The SMILES string of the molecule is COC(=O)C(C)N1CCN(c2cccc(C(F)(F)F)c2)CC1. The average Bonchev–Trinajstić information content (AvgIpc) is 2.53. The fraction of sp³-hybridized carbons (Fsp3) is 0.533. The summed E-state index contributed by atoms with van der Waals surface area (Å²) in [6.07, 6.45) is -4.34. The second kappa shape index (κ2) is 6.56. The van der Waals surface area contributed by atoms with E-state index in [1.165, 1.54) is 19.2 Å². The molecule has 0 bridgehead atoms. The summed E-state index contributed by atoms with van der Waals surface area (Å²) in [5, 5.41) is 0. The summed E-state index contributed by atoms with van der Waals surface area (Å²) in [5.41, 5.74) is -0.0874. The second-order valence-corrected chi connectivity index (χ2v) is 5.27. The fourth-order valence-corrected chi connectivity index (χ4v) is 2.57. The zero-order valence-electron chi connectivity index (χ0n) is 12.6. The molecule has 2 rings (SSSR count). The van der Waals surface area contributed by atoms with E-state index in [0.29, 0.717) is 31.9 Å². The Labute approximate surface area is 127 Å². The molecule has 1 atom stereocenters. The lowest BCUT2D eigenvalue weighted by atomic mass is 10.1. The molecule has 0 radical (unpaired) electrons. The topological polar surface area (TPSA) is 32.8 Å². The third-order valence-electron chi connectivity index (χ3n) is 3.94. The van der Waals surface area contributed by atoms with Crippen molar-refractivity contribution < 1.29 is 22.7 Å². The summed E-state index contributed by atoms with van der Waals surface area (Å²) in [6.45, 7) is 4.12. The molecule has 1 aromatic carbocycles. The quantitative estimate of drug-likeness (QED) is 0.802. The number of rotatable bonds is 3. The van der Waals surface area contributed by atoms with Crippen LogP contribution in [0.25, 0.3) is 0 Å². The smallest absolute Gasteiger partial charge is 0.416 e. The van der Waals surface area contributed by atoms with Crippen molar-refractivity contribution in [2.45, 2.75) is 19.1 Å². The predicted molar refractivity (Wildman–Crippen MR) is 76.7 cm³/mol. The Hall–Kier alpha value is -1.76. The van der Waals surface area contributed by atoms with Crippen LogP contribution in [0.2, 0.25) is 0 Å². The van der Waals surface area contributed by atoms with Gasteiger partial charge in [-0.25, -0.2) is 0 Å². The van der Waals surface area contributed by atoms with Crippen molar-refractivity contribution in [1.82, 2.24) is 4.90 Å². The van der Waals surface area contributed by atoms with Gasteiger partial charge >= 0.3 is 12.1 Å². The third kappa shape index (κ3) is 3.71. The summed E-state index contributed by atoms with van der Waals surface area (Å²) in [6, 6.07) is 4.99. The molecule has 1 aromatic rings. The number of piperazine rings is 1. The lowest BCUT2D eigenvalue weighted by Crippen LogP contribution is -2.52. The van der Waals surface area contributed by atoms with E-state index in [0.717, 1.165) is 6.07 Å². The van der Waals surface area contributed by atoms with E-state index in [9.17, 15) is 18.0 Å². The van der Waals surface area contributed by atoms with Crippen LogP contribution in [0.5, 0.6) is 0 Å². The number of halogens is 3. The highest BCUT2D eigenvalue weighted by molar-refractivity contribution is 5.75. The normalized spacial score (nSPS) is 18.1. The zero-order valence-corrected chi connectivity index (χ0v) is 12.6. The Morgan fingerprint density at radius 1 is 1.23 bits per heavy atom. The van der Waals surface area contributed by atoms with Crippen molar-refractivity contribution in [3.05, 3.63) is 29.8 Å². The molecular weight excluding hydrogens is 297 g/mol. The van der Waals surface area contributed by atoms with E-state index in [1.54, 1.807) is 13.0 Å². The Balaban J connectivity index is 2.02. The molecule has 1 aliphatic rings. The summed E-state index contributed by atoms with van der Waals surface area (Å²) in [7, 11) is 1.34. The molecule has 0 N–H and O–H groups in total. The van der Waals surface area contributed by atoms with Crippen molar-refractivity contribution in [3.63, 3.8) is 0 Å². The number of hydrogen-bond acceptors (Lipinski definition) is 4. The van der Waals surface area contributed by atoms with Crippen LogP contribution in [0.3, 0.4) is 0 Å². The van der Waals surface area contributed by atoms with Crippen molar-refractivity contribution in [2.24, 2.45) is 0 Å². The van der Waals surface area contributed by atoms with Crippen molar-refractivity contribution in [3.8, 4) is 0 Å². The van der Waals surface area contributed by atoms with Gasteiger partial charge in [-0.05, 0) is 25.1 Å². The Morgan fingerprint density at radius 3 is 2.41 bits per heavy atom. The highest BCUT2D eigenvalue weighted by Crippen LogP contribution is 2.31. The minimum absolute atomic E-state index is 0.299. The molecule has 7 heteroatoms. The molecule has 1 unspecified atom stereocenters. The first-order chi connectivity index (χ1) is 10.3. The van der Waals surface area contributed by atoms with Crippen molar-refractivity contribution >= 4 is 11.7 Å². The second-order valence-electron chi connectivity index (χ2n) is 5.27. The van der Waals surface area contributed by atoms with E-state index < -0.39 is 11.7 Å². The van der Waals surface area contributed by atoms with Gasteiger partial charge in [-0.2, -0.15) is 13.2 Å². The number of esters is 1. The van der Waals surface area contributed by atoms with E-state index in [-0.39, 0.29) is 12.0 Å². The maximum atomic E-state index is 12.8. The number of benzene rings is 1. The van der Waals surface area contributed by atoms with Crippen LogP contribution in [0.4, 0.5) is 18.9 Å². The minimum Gasteiger partial charge on any atom is -0.468 e. The molecule has 1 heterocycles. The van der Waals surface area contributed by atoms with E-state index >= 15 is 0 Å². The lowest BCUT2D eigenvalue weighted by molar-refractivity contribution is -0.146. The molecule has 0 aliphatic carbocycles. The number of alkyl halides is 3. The number of nitrogens with zero attached hydrogens (tertiary/aromatic N) is 2. The highest BCUT2D eigenvalue weighted by atomic mass is 19.4. The molecule has 0 amide bonds. The van der Waals surface area contributed by atoms with E-state index in [1.807, 2.05) is 9.80 Å². The minimum atomic E-state index is -4.34. The summed E-state index contributed by atoms with van der Waals surface area (Å²) in [4.78, 5) is 15.4. The number of carbonyl (C=O) groups excluding carboxylic acids is 1. The summed E-state index contributed by atoms with van der Waals surface area (Å²) in [5.74, 6) is -0.299. The zero-order chi connectivity index (χ0) is 16.3. The summed E-state index contributed by atoms with van der Waals surface area (Å²) >= 11 is 0. The van der Waals surface area contributed by atoms with E-state index in [4.69, 9.17) is 4.74 Å². The Morgan fingerprint density at radius 2 is 1.86 bits per heavy atom. The van der Waals surface area contributed by atoms with Gasteiger partial charge in [-0.3, -0.25) is 9.69 Å². The first-order valence-corrected chi connectivity index (χ1v) is 7.07. The molecule has 122 valence electrons. The van der Waals surface area contributed by atoms with Gasteiger partial charge in [-0.1, -0.05) is 6.07 Å². The van der Waals surface area contributed by atoms with Crippen LogP contribution in [0.1, 0.15) is 12.5 Å². The predicted octanol–water partition coefficient (Wildman–Crippen LogP) is 2.39. The highest BCUT2D eigenvalue weighted by Gasteiger charge is 2.31. The van der Waals surface area contributed by atoms with Gasteiger partial charge in [0.2, 0.25) is 0 Å². The van der Waals surface area contributed by atoms with Crippen LogP contribution in [-0.2, 0) is 15.7 Å². The largest absolute Gasteiger partial charge is 0.468 e. The number of ether oxygens (including phenoxy) is 1. The van der Waals surface area contributed by atoms with Crippen LogP contribution < -0.4 is 4.90 Å². The van der Waals surface area contributed by atoms with Crippen molar-refractivity contribution in [2.75, 3.05) is 38.2 Å². The number of anilines is 1. The molecule has 22 heavy (non-hydrogen) atoms. The number of hydrogen-bond donors (Lipinski definition) is 0. The van der Waals surface area contributed by atoms with Gasteiger partial charge in [0, 0.05) is 31.9 Å². The first kappa shape index (κ1) is 16.6. The molecular formula is C15H19F3N2O2. The molecule has 1 aliphatic heterocycles. The molecule has 0 saturated carbocycles. The van der Waals surface area contributed by atoms with Gasteiger partial charge in [-0.15, -0.1) is 0 Å². The van der Waals surface area contributed by atoms with Crippen LogP contribution in [-0.4, -0.2) is 50.2 Å². The van der Waals surface area contributed by atoms with Crippen LogP contribution in [0.15, 0.2) is 24.3 Å². The van der Waals surface area contributed by atoms with E-state index in [2.05, 4.69) is 0 Å². The van der Waals surface area contributed by atoms with Crippen LogP contribution in [0, 0.1) is 0 Å². The Kier molecular flexibility index (Phi) is 4.95. The summed E-state index contributed by atoms with van der Waals surface area (Å²) < 4.78 is 43.0. The molecule has 0 spiro atoms. The number of methoxy groups -OCH3 is 1. The molecule has 1 saturated heterocycles. The van der Waals surface area contributed by atoms with Gasteiger partial charge in [0.25, 0.3) is 0 Å². The van der Waals surface area contributed by atoms with Crippen LogP contribution >= 0.6 is 0 Å². The molecule has 4 nitrogen and oxygen atoms in total. The number of carbonyl (C=O) groups is 1. The maximum Gasteiger partial charge on any atom is 0.416 e.